The highest BCUT2D eigenvalue weighted by molar-refractivity contribution is 9.09. The van der Waals surface area contributed by atoms with E-state index in [1.165, 1.54) is 42.4 Å². The van der Waals surface area contributed by atoms with Gasteiger partial charge in [0.15, 0.2) is 0 Å². The number of benzene rings is 2. The molecule has 0 N–H and O–H groups in total. The van der Waals surface area contributed by atoms with Gasteiger partial charge in [-0.2, -0.15) is 5.10 Å². The third-order valence-corrected chi connectivity index (χ3v) is 4.83. The van der Waals surface area contributed by atoms with Gasteiger partial charge >= 0.3 is 0 Å². The third-order valence-electron chi connectivity index (χ3n) is 4.30. The van der Waals surface area contributed by atoms with Crippen molar-refractivity contribution in [3.05, 3.63) is 60.2 Å². The molecule has 2 nitrogen and oxygen atoms in total. The minimum absolute atomic E-state index is 0.786. The molecule has 1 heterocycles. The Balaban J connectivity index is 1.78. The number of hydrazone groups is 1. The first-order valence-corrected chi connectivity index (χ1v) is 9.53. The molecule has 0 aliphatic carbocycles. The molecule has 0 aromatic heterocycles. The molecule has 0 saturated carbocycles. The molecule has 1 aliphatic heterocycles. The van der Waals surface area contributed by atoms with Gasteiger partial charge in [0, 0.05) is 18.4 Å². The summed E-state index contributed by atoms with van der Waals surface area (Å²) >= 11 is 3.60. The van der Waals surface area contributed by atoms with E-state index in [9.17, 15) is 0 Å². The van der Waals surface area contributed by atoms with Crippen molar-refractivity contribution in [1.29, 1.82) is 0 Å². The lowest BCUT2D eigenvalue weighted by molar-refractivity contribution is 0.301. The number of halogens is 1. The molecular formula is C20H23BrN2. The Labute approximate surface area is 147 Å². The second kappa shape index (κ2) is 8.30. The molecule has 0 unspecified atom stereocenters. The summed E-state index contributed by atoms with van der Waals surface area (Å²) in [5, 5.41) is 7.92. The molecule has 0 bridgehead atoms. The van der Waals surface area contributed by atoms with Crippen LogP contribution in [0.15, 0.2) is 59.7 Å². The molecule has 1 saturated heterocycles. The van der Waals surface area contributed by atoms with Crippen LogP contribution in [0.1, 0.15) is 31.2 Å². The smallest absolute Gasteiger partial charge is 0.0782 e. The van der Waals surface area contributed by atoms with Gasteiger partial charge in [-0.25, -0.2) is 0 Å². The van der Waals surface area contributed by atoms with Gasteiger partial charge in [0.25, 0.3) is 0 Å². The molecule has 23 heavy (non-hydrogen) atoms. The Hall–Kier alpha value is -1.61. The Morgan fingerprint density at radius 2 is 1.43 bits per heavy atom. The SMILES string of the molecule is BrC/C(=N\N1CCCCCC1)c1ccc(-c2ccccc2)cc1. The van der Waals surface area contributed by atoms with Crippen molar-refractivity contribution in [2.24, 2.45) is 5.10 Å². The first-order valence-electron chi connectivity index (χ1n) is 8.41. The molecule has 3 rings (SSSR count). The zero-order valence-corrected chi connectivity index (χ0v) is 15.0. The average molecular weight is 371 g/mol. The predicted octanol–water partition coefficient (Wildman–Crippen LogP) is 5.33. The maximum atomic E-state index is 4.89. The lowest BCUT2D eigenvalue weighted by atomic mass is 10.0. The van der Waals surface area contributed by atoms with Crippen LogP contribution in [0.5, 0.6) is 0 Å². The van der Waals surface area contributed by atoms with Gasteiger partial charge in [0.2, 0.25) is 0 Å². The maximum Gasteiger partial charge on any atom is 0.0782 e. The van der Waals surface area contributed by atoms with E-state index in [0.29, 0.717) is 0 Å². The predicted molar refractivity (Wildman–Crippen MR) is 102 cm³/mol. The van der Waals surface area contributed by atoms with Crippen molar-refractivity contribution >= 4 is 21.6 Å². The lowest BCUT2D eigenvalue weighted by Gasteiger charge is -2.18. The van der Waals surface area contributed by atoms with Crippen LogP contribution in [-0.4, -0.2) is 29.1 Å². The van der Waals surface area contributed by atoms with E-state index >= 15 is 0 Å². The normalized spacial score (nSPS) is 16.2. The topological polar surface area (TPSA) is 15.6 Å². The fourth-order valence-electron chi connectivity index (χ4n) is 2.97. The molecule has 0 spiro atoms. The zero-order chi connectivity index (χ0) is 15.9. The molecule has 3 heteroatoms. The molecule has 1 fully saturated rings. The molecule has 1 aliphatic rings. The number of nitrogens with zero attached hydrogens (tertiary/aromatic N) is 2. The maximum absolute atomic E-state index is 4.89. The van der Waals surface area contributed by atoms with Crippen LogP contribution < -0.4 is 0 Å². The van der Waals surface area contributed by atoms with Crippen LogP contribution in [-0.2, 0) is 0 Å². The Morgan fingerprint density at radius 3 is 2.04 bits per heavy atom. The van der Waals surface area contributed by atoms with E-state index in [1.54, 1.807) is 0 Å². The van der Waals surface area contributed by atoms with Crippen molar-refractivity contribution in [2.75, 3.05) is 18.4 Å². The van der Waals surface area contributed by atoms with Crippen LogP contribution in [0.4, 0.5) is 0 Å². The minimum Gasteiger partial charge on any atom is -0.297 e. The second-order valence-electron chi connectivity index (χ2n) is 5.99. The number of hydrogen-bond donors (Lipinski definition) is 0. The van der Waals surface area contributed by atoms with Gasteiger partial charge in [-0.1, -0.05) is 83.4 Å². The van der Waals surface area contributed by atoms with Crippen molar-refractivity contribution in [1.82, 2.24) is 5.01 Å². The summed E-state index contributed by atoms with van der Waals surface area (Å²) in [6.45, 7) is 2.16. The summed E-state index contributed by atoms with van der Waals surface area (Å²) in [6, 6.07) is 19.2. The monoisotopic (exact) mass is 370 g/mol. The van der Waals surface area contributed by atoms with Gasteiger partial charge in [0.05, 0.1) is 5.71 Å². The van der Waals surface area contributed by atoms with E-state index in [4.69, 9.17) is 5.10 Å². The first-order chi connectivity index (χ1) is 11.4. The largest absolute Gasteiger partial charge is 0.297 e. The lowest BCUT2D eigenvalue weighted by Crippen LogP contribution is -2.21. The highest BCUT2D eigenvalue weighted by Crippen LogP contribution is 2.20. The standard InChI is InChI=1S/C20H23BrN2/c21-16-20(22-23-14-6-1-2-7-15-23)19-12-10-18(11-13-19)17-8-4-3-5-9-17/h3-5,8-13H,1-2,6-7,14-16H2/b22-20+. The minimum atomic E-state index is 0.786. The fraction of sp³-hybridized carbons (Fsp3) is 0.350. The van der Waals surface area contributed by atoms with E-state index in [-0.39, 0.29) is 0 Å². The summed E-state index contributed by atoms with van der Waals surface area (Å²) in [4.78, 5) is 0. The van der Waals surface area contributed by atoms with Crippen molar-refractivity contribution in [3.8, 4) is 11.1 Å². The van der Waals surface area contributed by atoms with E-state index in [1.807, 2.05) is 0 Å². The number of hydrogen-bond acceptors (Lipinski definition) is 2. The molecule has 2 aromatic carbocycles. The summed E-state index contributed by atoms with van der Waals surface area (Å²) in [5.41, 5.74) is 4.82. The first kappa shape index (κ1) is 16.3. The molecule has 120 valence electrons. The molecule has 0 amide bonds. The zero-order valence-electron chi connectivity index (χ0n) is 13.4. The van der Waals surface area contributed by atoms with E-state index < -0.39 is 0 Å². The van der Waals surface area contributed by atoms with Crippen molar-refractivity contribution in [3.63, 3.8) is 0 Å². The number of rotatable bonds is 4. The third kappa shape index (κ3) is 4.44. The van der Waals surface area contributed by atoms with Gasteiger partial charge in [-0.3, -0.25) is 5.01 Å². The van der Waals surface area contributed by atoms with E-state index in [0.717, 1.165) is 24.1 Å². The van der Waals surface area contributed by atoms with Gasteiger partial charge in [-0.15, -0.1) is 0 Å². The second-order valence-corrected chi connectivity index (χ2v) is 6.55. The van der Waals surface area contributed by atoms with Gasteiger partial charge < -0.3 is 0 Å². The van der Waals surface area contributed by atoms with Crippen LogP contribution in [0.25, 0.3) is 11.1 Å². The number of alkyl halides is 1. The van der Waals surface area contributed by atoms with Crippen LogP contribution >= 0.6 is 15.9 Å². The van der Waals surface area contributed by atoms with Gasteiger partial charge in [0.1, 0.15) is 0 Å². The Bertz CT molecular complexity index is 626. The summed E-state index contributed by atoms with van der Waals surface area (Å²) in [5.74, 6) is 0. The Morgan fingerprint density at radius 1 is 0.826 bits per heavy atom. The Kier molecular flexibility index (Phi) is 5.87. The molecule has 0 radical (unpaired) electrons. The van der Waals surface area contributed by atoms with Crippen molar-refractivity contribution < 1.29 is 0 Å². The van der Waals surface area contributed by atoms with Crippen LogP contribution in [0.2, 0.25) is 0 Å². The van der Waals surface area contributed by atoms with Gasteiger partial charge in [-0.05, 0) is 29.5 Å². The average Bonchev–Trinajstić information content (AvgIpc) is 2.89. The molecular weight excluding hydrogens is 348 g/mol. The highest BCUT2D eigenvalue weighted by Gasteiger charge is 2.09. The quantitative estimate of drug-likeness (QED) is 0.524. The van der Waals surface area contributed by atoms with E-state index in [2.05, 4.69) is 75.5 Å². The van der Waals surface area contributed by atoms with Crippen LogP contribution in [0.3, 0.4) is 0 Å². The van der Waals surface area contributed by atoms with Crippen LogP contribution in [0, 0.1) is 0 Å². The fourth-order valence-corrected chi connectivity index (χ4v) is 3.41. The summed E-state index contributed by atoms with van der Waals surface area (Å²) < 4.78 is 0. The molecule has 2 aromatic rings. The van der Waals surface area contributed by atoms with Crippen molar-refractivity contribution in [2.45, 2.75) is 25.7 Å². The molecule has 0 atom stereocenters. The summed E-state index contributed by atoms with van der Waals surface area (Å²) in [7, 11) is 0. The highest BCUT2D eigenvalue weighted by atomic mass is 79.9. The summed E-state index contributed by atoms with van der Waals surface area (Å²) in [6.07, 6.45) is 5.18.